The third-order valence-electron chi connectivity index (χ3n) is 4.45. The number of aromatic nitrogens is 2. The maximum absolute atomic E-state index is 12.6. The van der Waals surface area contributed by atoms with Crippen molar-refractivity contribution in [2.45, 2.75) is 20.0 Å². The summed E-state index contributed by atoms with van der Waals surface area (Å²) in [7, 11) is 4.70. The third-order valence-corrected chi connectivity index (χ3v) is 4.45. The predicted octanol–water partition coefficient (Wildman–Crippen LogP) is 3.72. The van der Waals surface area contributed by atoms with Crippen LogP contribution in [0.3, 0.4) is 0 Å². The first kappa shape index (κ1) is 23.5. The molecule has 0 unspecified atom stereocenters. The first-order valence-corrected chi connectivity index (χ1v) is 10.2. The van der Waals surface area contributed by atoms with E-state index >= 15 is 0 Å². The molecule has 3 aromatic rings. The number of amides is 1. The van der Waals surface area contributed by atoms with Crippen LogP contribution in [-0.2, 0) is 0 Å². The molecule has 0 spiro atoms. The number of methoxy groups -OCH3 is 3. The van der Waals surface area contributed by atoms with Gasteiger partial charge in [-0.1, -0.05) is 0 Å². The van der Waals surface area contributed by atoms with Crippen LogP contribution in [0.1, 0.15) is 29.9 Å². The zero-order valence-corrected chi connectivity index (χ0v) is 19.2. The van der Waals surface area contributed by atoms with E-state index < -0.39 is 5.91 Å². The number of hydrogen-bond donors (Lipinski definition) is 1. The van der Waals surface area contributed by atoms with Gasteiger partial charge in [0, 0.05) is 23.3 Å². The van der Waals surface area contributed by atoms with Crippen LogP contribution < -0.4 is 24.4 Å². The number of rotatable bonds is 9. The van der Waals surface area contributed by atoms with Crippen molar-refractivity contribution in [2.75, 3.05) is 21.3 Å². The Kier molecular flexibility index (Phi) is 7.80. The van der Waals surface area contributed by atoms with E-state index in [1.807, 2.05) is 19.9 Å². The topological polar surface area (TPSA) is 104 Å². The maximum Gasteiger partial charge on any atom is 0.291 e. The molecule has 1 amide bonds. The number of carbonyl (C=O) groups excluding carboxylic acids is 1. The molecule has 3 rings (SSSR count). The van der Waals surface area contributed by atoms with Crippen LogP contribution in [0.4, 0.5) is 0 Å². The Balaban J connectivity index is 1.80. The fourth-order valence-corrected chi connectivity index (χ4v) is 2.92. The lowest BCUT2D eigenvalue weighted by Gasteiger charge is -2.15. The average molecular weight is 450 g/mol. The Bertz CT molecular complexity index is 1130. The van der Waals surface area contributed by atoms with E-state index in [4.69, 9.17) is 18.9 Å². The summed E-state index contributed by atoms with van der Waals surface area (Å²) in [5.74, 6) is 1.95. The molecular formula is C24H26N4O5. The Labute approximate surface area is 192 Å². The van der Waals surface area contributed by atoms with Gasteiger partial charge in [0.25, 0.3) is 5.91 Å². The minimum absolute atomic E-state index is 0.0557. The quantitative estimate of drug-likeness (QED) is 0.391. The van der Waals surface area contributed by atoms with E-state index in [2.05, 4.69) is 20.5 Å². The van der Waals surface area contributed by atoms with Gasteiger partial charge in [-0.15, -0.1) is 0 Å². The number of ether oxygens (including phenoxy) is 4. The first-order chi connectivity index (χ1) is 15.9. The Morgan fingerprint density at radius 3 is 2.30 bits per heavy atom. The Morgan fingerprint density at radius 1 is 0.970 bits per heavy atom. The van der Waals surface area contributed by atoms with Crippen LogP contribution in [0.15, 0.2) is 53.9 Å². The van der Waals surface area contributed by atoms with Gasteiger partial charge >= 0.3 is 0 Å². The second-order valence-electron chi connectivity index (χ2n) is 7.16. The fourth-order valence-electron chi connectivity index (χ4n) is 2.92. The predicted molar refractivity (Wildman–Crippen MR) is 124 cm³/mol. The summed E-state index contributed by atoms with van der Waals surface area (Å²) in [4.78, 5) is 21.2. The third kappa shape index (κ3) is 6.19. The van der Waals surface area contributed by atoms with Gasteiger partial charge in [0.05, 0.1) is 51.7 Å². The summed E-state index contributed by atoms with van der Waals surface area (Å²) in [5.41, 5.74) is 4.45. The van der Waals surface area contributed by atoms with Gasteiger partial charge in [0.2, 0.25) is 0 Å². The molecule has 33 heavy (non-hydrogen) atoms. The second-order valence-corrected chi connectivity index (χ2v) is 7.16. The van der Waals surface area contributed by atoms with E-state index in [1.54, 1.807) is 57.9 Å². The molecule has 0 atom stereocenters. The molecular weight excluding hydrogens is 424 g/mol. The first-order valence-electron chi connectivity index (χ1n) is 10.2. The van der Waals surface area contributed by atoms with E-state index in [-0.39, 0.29) is 11.8 Å². The van der Waals surface area contributed by atoms with E-state index in [0.717, 1.165) is 0 Å². The minimum atomic E-state index is -0.504. The SMILES string of the molecule is COc1cc(/C=N/NC(=O)c2cncc(-c3ccc(OC)cc3OC(C)C)n2)cc(OC)c1. The number of nitrogens with one attached hydrogen (secondary N) is 1. The molecule has 0 bridgehead atoms. The van der Waals surface area contributed by atoms with Gasteiger partial charge in [0.1, 0.15) is 28.7 Å². The lowest BCUT2D eigenvalue weighted by Crippen LogP contribution is -2.19. The molecule has 172 valence electrons. The van der Waals surface area contributed by atoms with Crippen LogP contribution in [0.2, 0.25) is 0 Å². The van der Waals surface area contributed by atoms with Gasteiger partial charge in [-0.3, -0.25) is 9.78 Å². The fraction of sp³-hybridized carbons (Fsp3) is 0.250. The normalized spacial score (nSPS) is 10.8. The molecule has 0 aliphatic heterocycles. The summed E-state index contributed by atoms with van der Waals surface area (Å²) in [5, 5.41) is 4.01. The zero-order valence-electron chi connectivity index (χ0n) is 19.2. The van der Waals surface area contributed by atoms with Crippen LogP contribution in [-0.4, -0.2) is 49.5 Å². The lowest BCUT2D eigenvalue weighted by molar-refractivity contribution is 0.0950. The van der Waals surface area contributed by atoms with Crippen molar-refractivity contribution < 1.29 is 23.7 Å². The van der Waals surface area contributed by atoms with Gasteiger partial charge in [-0.05, 0) is 38.1 Å². The number of carbonyl (C=O) groups is 1. The molecule has 0 fully saturated rings. The molecule has 2 aromatic carbocycles. The lowest BCUT2D eigenvalue weighted by atomic mass is 10.1. The highest BCUT2D eigenvalue weighted by molar-refractivity contribution is 5.93. The molecule has 0 radical (unpaired) electrons. The van der Waals surface area contributed by atoms with Crippen LogP contribution in [0, 0.1) is 0 Å². The van der Waals surface area contributed by atoms with Gasteiger partial charge in [-0.2, -0.15) is 5.10 Å². The van der Waals surface area contributed by atoms with Crippen molar-refractivity contribution in [3.63, 3.8) is 0 Å². The summed E-state index contributed by atoms with van der Waals surface area (Å²) in [6, 6.07) is 10.7. The zero-order chi connectivity index (χ0) is 23.8. The van der Waals surface area contributed by atoms with Crippen molar-refractivity contribution in [1.82, 2.24) is 15.4 Å². The van der Waals surface area contributed by atoms with Crippen molar-refractivity contribution in [3.8, 4) is 34.3 Å². The highest BCUT2D eigenvalue weighted by Crippen LogP contribution is 2.33. The van der Waals surface area contributed by atoms with Crippen LogP contribution in [0.25, 0.3) is 11.3 Å². The molecule has 1 heterocycles. The number of nitrogens with zero attached hydrogens (tertiary/aromatic N) is 3. The number of hydrogen-bond acceptors (Lipinski definition) is 8. The average Bonchev–Trinajstić information content (AvgIpc) is 2.83. The molecule has 1 aromatic heterocycles. The van der Waals surface area contributed by atoms with Gasteiger partial charge in [0.15, 0.2) is 0 Å². The summed E-state index contributed by atoms with van der Waals surface area (Å²) >= 11 is 0. The minimum Gasteiger partial charge on any atom is -0.497 e. The second kappa shape index (κ2) is 10.9. The number of hydrazone groups is 1. The van der Waals surface area contributed by atoms with Crippen molar-refractivity contribution in [2.24, 2.45) is 5.10 Å². The largest absolute Gasteiger partial charge is 0.497 e. The molecule has 0 saturated heterocycles. The summed E-state index contributed by atoms with van der Waals surface area (Å²) < 4.78 is 21.7. The maximum atomic E-state index is 12.6. The molecule has 0 aliphatic rings. The standard InChI is InChI=1S/C24H26N4O5/c1-15(2)33-23-11-17(30-3)6-7-20(23)21-13-25-14-22(27-21)24(29)28-26-12-16-8-18(31-4)10-19(9-16)32-5/h6-15H,1-5H3,(H,28,29)/b26-12+. The summed E-state index contributed by atoms with van der Waals surface area (Å²) in [6.45, 7) is 3.85. The summed E-state index contributed by atoms with van der Waals surface area (Å²) in [6.07, 6.45) is 4.37. The number of benzene rings is 2. The molecule has 0 saturated carbocycles. The monoisotopic (exact) mass is 450 g/mol. The van der Waals surface area contributed by atoms with Crippen LogP contribution >= 0.6 is 0 Å². The smallest absolute Gasteiger partial charge is 0.291 e. The molecule has 9 nitrogen and oxygen atoms in total. The van der Waals surface area contributed by atoms with Gasteiger partial charge in [-0.25, -0.2) is 10.4 Å². The van der Waals surface area contributed by atoms with Gasteiger partial charge < -0.3 is 18.9 Å². The molecule has 9 heteroatoms. The Morgan fingerprint density at radius 2 is 1.67 bits per heavy atom. The van der Waals surface area contributed by atoms with Crippen molar-refractivity contribution in [3.05, 3.63) is 60.0 Å². The van der Waals surface area contributed by atoms with Crippen molar-refractivity contribution in [1.29, 1.82) is 0 Å². The highest BCUT2D eigenvalue weighted by Gasteiger charge is 2.14. The molecule has 1 N–H and O–H groups in total. The van der Waals surface area contributed by atoms with E-state index in [0.29, 0.717) is 39.8 Å². The van der Waals surface area contributed by atoms with E-state index in [9.17, 15) is 4.79 Å². The highest BCUT2D eigenvalue weighted by atomic mass is 16.5. The van der Waals surface area contributed by atoms with E-state index in [1.165, 1.54) is 12.4 Å². The molecule has 0 aliphatic carbocycles. The Hall–Kier alpha value is -4.14. The van der Waals surface area contributed by atoms with Crippen LogP contribution in [0.5, 0.6) is 23.0 Å². The van der Waals surface area contributed by atoms with Crippen molar-refractivity contribution >= 4 is 12.1 Å².